The summed E-state index contributed by atoms with van der Waals surface area (Å²) < 4.78 is 24.7. The largest absolute Gasteiger partial charge is 0.325 e. The molecule has 0 amide bonds. The number of fused-ring (bicyclic) bond motifs is 1. The summed E-state index contributed by atoms with van der Waals surface area (Å²) >= 11 is 0. The summed E-state index contributed by atoms with van der Waals surface area (Å²) in [5, 5.41) is 0. The van der Waals surface area contributed by atoms with Gasteiger partial charge in [0, 0.05) is 11.5 Å². The Balaban J connectivity index is 1.89. The van der Waals surface area contributed by atoms with Crippen LogP contribution < -0.4 is 5.73 Å². The third-order valence-corrected chi connectivity index (χ3v) is 7.43. The summed E-state index contributed by atoms with van der Waals surface area (Å²) in [6.45, 7) is 4.53. The highest BCUT2D eigenvalue weighted by molar-refractivity contribution is 7.91. The second-order valence-electron chi connectivity index (χ2n) is 7.19. The van der Waals surface area contributed by atoms with Gasteiger partial charge in [-0.05, 0) is 49.1 Å². The summed E-state index contributed by atoms with van der Waals surface area (Å²) in [5.41, 5.74) is 7.29. The molecule has 116 valence electrons. The van der Waals surface area contributed by atoms with E-state index in [1.807, 2.05) is 12.1 Å². The molecule has 1 aliphatic heterocycles. The second-order valence-corrected chi connectivity index (χ2v) is 9.19. The Morgan fingerprint density at radius 2 is 1.81 bits per heavy atom. The maximum atomic E-state index is 12.4. The van der Waals surface area contributed by atoms with Crippen LogP contribution in [0.15, 0.2) is 29.2 Å². The molecule has 21 heavy (non-hydrogen) atoms. The van der Waals surface area contributed by atoms with E-state index >= 15 is 0 Å². The summed E-state index contributed by atoms with van der Waals surface area (Å²) in [6, 6.07) is 7.41. The predicted octanol–water partition coefficient (Wildman–Crippen LogP) is 3.10. The molecule has 1 unspecified atom stereocenters. The van der Waals surface area contributed by atoms with Crippen LogP contribution >= 0.6 is 0 Å². The first-order valence-electron chi connectivity index (χ1n) is 7.94. The number of nitrogens with two attached hydrogens (primary N) is 1. The lowest BCUT2D eigenvalue weighted by Gasteiger charge is -2.42. The number of hydrogen-bond acceptors (Lipinski definition) is 3. The van der Waals surface area contributed by atoms with Crippen molar-refractivity contribution in [1.82, 2.24) is 0 Å². The van der Waals surface area contributed by atoms with Gasteiger partial charge in [-0.3, -0.25) is 0 Å². The first kappa shape index (κ1) is 15.0. The molecule has 1 aromatic carbocycles. The molecule has 1 fully saturated rings. The Morgan fingerprint density at radius 3 is 2.43 bits per heavy atom. The number of sulfone groups is 1. The van der Waals surface area contributed by atoms with Crippen LogP contribution in [0.1, 0.15) is 51.0 Å². The standard InChI is InChI=1S/C17H25NO2S/c1-12(2)13-7-9-17(18,10-8-13)15-11-21(19,20)16-6-4-3-5-14(15)16/h3-6,12-13,15H,7-11,18H2,1-2H3. The van der Waals surface area contributed by atoms with Gasteiger partial charge in [-0.2, -0.15) is 0 Å². The Kier molecular flexibility index (Phi) is 3.65. The summed E-state index contributed by atoms with van der Waals surface area (Å²) in [5.74, 6) is 1.57. The Labute approximate surface area is 127 Å². The van der Waals surface area contributed by atoms with E-state index in [0.717, 1.165) is 37.2 Å². The minimum atomic E-state index is -3.15. The van der Waals surface area contributed by atoms with E-state index in [0.29, 0.717) is 10.8 Å². The molecule has 0 bridgehead atoms. The minimum Gasteiger partial charge on any atom is -0.325 e. The summed E-state index contributed by atoms with van der Waals surface area (Å²) in [7, 11) is -3.15. The molecule has 2 N–H and O–H groups in total. The molecule has 1 saturated carbocycles. The van der Waals surface area contributed by atoms with Gasteiger partial charge in [0.15, 0.2) is 9.84 Å². The topological polar surface area (TPSA) is 60.2 Å². The van der Waals surface area contributed by atoms with Crippen molar-refractivity contribution in [2.24, 2.45) is 17.6 Å². The first-order valence-corrected chi connectivity index (χ1v) is 9.59. The smallest absolute Gasteiger partial charge is 0.179 e. The first-order chi connectivity index (χ1) is 9.83. The Morgan fingerprint density at radius 1 is 1.19 bits per heavy atom. The number of benzene rings is 1. The molecule has 4 heteroatoms. The highest BCUT2D eigenvalue weighted by Crippen LogP contribution is 2.47. The van der Waals surface area contributed by atoms with E-state index < -0.39 is 9.84 Å². The Bertz CT molecular complexity index is 628. The third kappa shape index (κ3) is 2.53. The highest BCUT2D eigenvalue weighted by atomic mass is 32.2. The van der Waals surface area contributed by atoms with Gasteiger partial charge < -0.3 is 5.73 Å². The molecule has 1 atom stereocenters. The van der Waals surface area contributed by atoms with Crippen molar-refractivity contribution in [2.45, 2.75) is 55.9 Å². The molecular formula is C17H25NO2S. The molecular weight excluding hydrogens is 282 g/mol. The number of rotatable bonds is 2. The average molecular weight is 307 g/mol. The van der Waals surface area contributed by atoms with Crippen LogP contribution in [0.4, 0.5) is 0 Å². The zero-order valence-electron chi connectivity index (χ0n) is 12.9. The lowest BCUT2D eigenvalue weighted by Crippen LogP contribution is -2.49. The van der Waals surface area contributed by atoms with E-state index in [-0.39, 0.29) is 17.2 Å². The molecule has 0 spiro atoms. The monoisotopic (exact) mass is 307 g/mol. The van der Waals surface area contributed by atoms with Crippen LogP contribution in [0.2, 0.25) is 0 Å². The van der Waals surface area contributed by atoms with Crippen molar-refractivity contribution < 1.29 is 8.42 Å². The molecule has 3 nitrogen and oxygen atoms in total. The molecule has 1 heterocycles. The van der Waals surface area contributed by atoms with Crippen molar-refractivity contribution in [3.8, 4) is 0 Å². The Hall–Kier alpha value is -0.870. The van der Waals surface area contributed by atoms with Gasteiger partial charge in [0.25, 0.3) is 0 Å². The predicted molar refractivity (Wildman–Crippen MR) is 85.0 cm³/mol. The zero-order valence-corrected chi connectivity index (χ0v) is 13.7. The number of hydrogen-bond donors (Lipinski definition) is 1. The lowest BCUT2D eigenvalue weighted by molar-refractivity contribution is 0.176. The van der Waals surface area contributed by atoms with Crippen molar-refractivity contribution in [1.29, 1.82) is 0 Å². The van der Waals surface area contributed by atoms with Gasteiger partial charge in [0.1, 0.15) is 0 Å². The summed E-state index contributed by atoms with van der Waals surface area (Å²) in [4.78, 5) is 0.505. The van der Waals surface area contributed by atoms with E-state index in [4.69, 9.17) is 5.73 Å². The zero-order chi connectivity index (χ0) is 15.3. The normalized spacial score (nSPS) is 34.9. The van der Waals surface area contributed by atoms with E-state index in [1.54, 1.807) is 12.1 Å². The van der Waals surface area contributed by atoms with Crippen LogP contribution in [0.3, 0.4) is 0 Å². The average Bonchev–Trinajstić information content (AvgIpc) is 2.73. The SMILES string of the molecule is CC(C)C1CCC(N)(C2CS(=O)(=O)c3ccccc32)CC1. The van der Waals surface area contributed by atoms with E-state index in [9.17, 15) is 8.42 Å². The quantitative estimate of drug-likeness (QED) is 0.913. The van der Waals surface area contributed by atoms with Gasteiger partial charge in [-0.25, -0.2) is 8.42 Å². The third-order valence-electron chi connectivity index (χ3n) is 5.61. The summed E-state index contributed by atoms with van der Waals surface area (Å²) in [6.07, 6.45) is 4.11. The maximum absolute atomic E-state index is 12.4. The minimum absolute atomic E-state index is 0.0354. The fourth-order valence-electron chi connectivity index (χ4n) is 4.12. The van der Waals surface area contributed by atoms with Crippen LogP contribution in [-0.2, 0) is 9.84 Å². The molecule has 2 aliphatic rings. The fraction of sp³-hybridized carbons (Fsp3) is 0.647. The van der Waals surface area contributed by atoms with Crippen LogP contribution in [0.25, 0.3) is 0 Å². The van der Waals surface area contributed by atoms with Crippen molar-refractivity contribution in [3.05, 3.63) is 29.8 Å². The van der Waals surface area contributed by atoms with Crippen molar-refractivity contribution in [3.63, 3.8) is 0 Å². The molecule has 0 radical (unpaired) electrons. The molecule has 0 aromatic heterocycles. The van der Waals surface area contributed by atoms with Gasteiger partial charge in [-0.15, -0.1) is 0 Å². The fourth-order valence-corrected chi connectivity index (χ4v) is 6.10. The van der Waals surface area contributed by atoms with Crippen molar-refractivity contribution in [2.75, 3.05) is 5.75 Å². The molecule has 3 rings (SSSR count). The van der Waals surface area contributed by atoms with Crippen LogP contribution in [0.5, 0.6) is 0 Å². The van der Waals surface area contributed by atoms with Crippen LogP contribution in [0, 0.1) is 11.8 Å². The van der Waals surface area contributed by atoms with E-state index in [2.05, 4.69) is 13.8 Å². The molecule has 1 aliphatic carbocycles. The maximum Gasteiger partial charge on any atom is 0.179 e. The van der Waals surface area contributed by atoms with Gasteiger partial charge in [-0.1, -0.05) is 32.0 Å². The van der Waals surface area contributed by atoms with Gasteiger partial charge in [0.05, 0.1) is 10.6 Å². The van der Waals surface area contributed by atoms with Gasteiger partial charge in [0.2, 0.25) is 0 Å². The molecule has 0 saturated heterocycles. The second kappa shape index (κ2) is 5.10. The van der Waals surface area contributed by atoms with Crippen LogP contribution in [-0.4, -0.2) is 19.7 Å². The van der Waals surface area contributed by atoms with Crippen molar-refractivity contribution >= 4 is 9.84 Å². The molecule has 1 aromatic rings. The van der Waals surface area contributed by atoms with Gasteiger partial charge >= 0.3 is 0 Å². The highest BCUT2D eigenvalue weighted by Gasteiger charge is 2.47. The van der Waals surface area contributed by atoms with E-state index in [1.165, 1.54) is 0 Å². The lowest BCUT2D eigenvalue weighted by atomic mass is 9.67.